The van der Waals surface area contributed by atoms with Crippen LogP contribution in [-0.4, -0.2) is 16.0 Å². The second-order valence-electron chi connectivity index (χ2n) is 6.69. The Hall–Kier alpha value is -3.71. The van der Waals surface area contributed by atoms with Crippen LogP contribution in [0.25, 0.3) is 11.3 Å². The van der Waals surface area contributed by atoms with Gasteiger partial charge in [0.25, 0.3) is 5.91 Å². The first-order chi connectivity index (χ1) is 15.0. The normalized spacial score (nSPS) is 10.7. The van der Waals surface area contributed by atoms with Gasteiger partial charge in [-0.3, -0.25) is 9.78 Å². The van der Waals surface area contributed by atoms with E-state index in [2.05, 4.69) is 15.5 Å². The van der Waals surface area contributed by atoms with Crippen molar-refractivity contribution in [2.45, 2.75) is 13.5 Å². The molecular formula is C23H17ClFN3O3. The van der Waals surface area contributed by atoms with Gasteiger partial charge in [-0.05, 0) is 37.3 Å². The van der Waals surface area contributed by atoms with Crippen LogP contribution in [0.15, 0.2) is 71.5 Å². The highest BCUT2D eigenvalue weighted by Gasteiger charge is 2.25. The van der Waals surface area contributed by atoms with Gasteiger partial charge in [0, 0.05) is 29.7 Å². The molecule has 0 saturated carbocycles. The van der Waals surface area contributed by atoms with Crippen molar-refractivity contribution in [2.24, 2.45) is 0 Å². The lowest BCUT2D eigenvalue weighted by Gasteiger charge is -2.10. The number of amides is 1. The molecule has 2 aromatic heterocycles. The van der Waals surface area contributed by atoms with Crippen molar-refractivity contribution in [1.82, 2.24) is 10.1 Å². The highest BCUT2D eigenvalue weighted by atomic mass is 35.5. The van der Waals surface area contributed by atoms with Crippen LogP contribution in [0.4, 0.5) is 10.1 Å². The molecule has 0 unspecified atom stereocenters. The number of anilines is 1. The maximum absolute atomic E-state index is 14.4. The molecule has 0 fully saturated rings. The molecule has 4 rings (SSSR count). The standard InChI is InChI=1S/C23H17ClFN3O3/c1-14-20(22(28-31-14)21-18(24)8-3-9-19(21)25)23(29)27-16-6-2-7-17(11-16)30-13-15-5-4-10-26-12-15/h2-12H,13H2,1H3,(H,27,29). The molecule has 0 aliphatic heterocycles. The first-order valence-corrected chi connectivity index (χ1v) is 9.74. The summed E-state index contributed by atoms with van der Waals surface area (Å²) < 4.78 is 25.3. The Morgan fingerprint density at radius 2 is 2.03 bits per heavy atom. The molecule has 0 aliphatic carbocycles. The third kappa shape index (κ3) is 4.57. The molecule has 0 spiro atoms. The van der Waals surface area contributed by atoms with Gasteiger partial charge in [-0.25, -0.2) is 4.39 Å². The number of hydrogen-bond donors (Lipinski definition) is 1. The summed E-state index contributed by atoms with van der Waals surface area (Å²) in [6.07, 6.45) is 3.41. The number of carbonyl (C=O) groups excluding carboxylic acids is 1. The summed E-state index contributed by atoms with van der Waals surface area (Å²) in [7, 11) is 0. The van der Waals surface area contributed by atoms with E-state index in [1.54, 1.807) is 43.6 Å². The number of hydrogen-bond acceptors (Lipinski definition) is 5. The number of aromatic nitrogens is 2. The van der Waals surface area contributed by atoms with Crippen molar-refractivity contribution in [2.75, 3.05) is 5.32 Å². The molecular weight excluding hydrogens is 421 g/mol. The van der Waals surface area contributed by atoms with E-state index in [-0.39, 0.29) is 27.6 Å². The number of halogens is 2. The maximum atomic E-state index is 14.4. The molecule has 0 aliphatic rings. The molecule has 0 saturated heterocycles. The smallest absolute Gasteiger partial charge is 0.261 e. The van der Waals surface area contributed by atoms with Crippen molar-refractivity contribution >= 4 is 23.2 Å². The van der Waals surface area contributed by atoms with Crippen molar-refractivity contribution < 1.29 is 18.4 Å². The molecule has 0 atom stereocenters. The molecule has 31 heavy (non-hydrogen) atoms. The van der Waals surface area contributed by atoms with Gasteiger partial charge in [0.1, 0.15) is 35.2 Å². The SMILES string of the molecule is Cc1onc(-c2c(F)cccc2Cl)c1C(=O)Nc1cccc(OCc2cccnc2)c1. The van der Waals surface area contributed by atoms with Crippen LogP contribution in [0, 0.1) is 12.7 Å². The fourth-order valence-corrected chi connectivity index (χ4v) is 3.29. The number of pyridine rings is 1. The lowest BCUT2D eigenvalue weighted by atomic mass is 10.0. The molecule has 1 N–H and O–H groups in total. The van der Waals surface area contributed by atoms with Gasteiger partial charge in [-0.1, -0.05) is 35.0 Å². The van der Waals surface area contributed by atoms with Gasteiger partial charge in [-0.2, -0.15) is 0 Å². The fraction of sp³-hybridized carbons (Fsp3) is 0.0870. The number of nitrogens with one attached hydrogen (secondary N) is 1. The van der Waals surface area contributed by atoms with E-state index in [1.807, 2.05) is 12.1 Å². The van der Waals surface area contributed by atoms with Crippen molar-refractivity contribution in [3.8, 4) is 17.0 Å². The van der Waals surface area contributed by atoms with Crippen LogP contribution in [0.5, 0.6) is 5.75 Å². The van der Waals surface area contributed by atoms with Crippen LogP contribution < -0.4 is 10.1 Å². The van der Waals surface area contributed by atoms with E-state index in [0.29, 0.717) is 18.0 Å². The minimum Gasteiger partial charge on any atom is -0.489 e. The fourth-order valence-electron chi connectivity index (χ4n) is 3.04. The third-order valence-electron chi connectivity index (χ3n) is 4.51. The van der Waals surface area contributed by atoms with E-state index in [0.717, 1.165) is 5.56 Å². The van der Waals surface area contributed by atoms with Crippen LogP contribution >= 0.6 is 11.6 Å². The van der Waals surface area contributed by atoms with Gasteiger partial charge >= 0.3 is 0 Å². The van der Waals surface area contributed by atoms with E-state index in [4.69, 9.17) is 20.9 Å². The summed E-state index contributed by atoms with van der Waals surface area (Å²) in [5, 5.41) is 6.77. The zero-order valence-electron chi connectivity index (χ0n) is 16.4. The summed E-state index contributed by atoms with van der Waals surface area (Å²) >= 11 is 6.14. The Labute approximate surface area is 182 Å². The topological polar surface area (TPSA) is 77.2 Å². The molecule has 0 radical (unpaired) electrons. The Kier molecular flexibility index (Phi) is 5.95. The number of rotatable bonds is 6. The number of ether oxygens (including phenoxy) is 1. The molecule has 156 valence electrons. The zero-order valence-corrected chi connectivity index (χ0v) is 17.2. The molecule has 0 bridgehead atoms. The van der Waals surface area contributed by atoms with E-state index < -0.39 is 11.7 Å². The molecule has 6 nitrogen and oxygen atoms in total. The highest BCUT2D eigenvalue weighted by molar-refractivity contribution is 6.33. The third-order valence-corrected chi connectivity index (χ3v) is 4.82. The lowest BCUT2D eigenvalue weighted by Crippen LogP contribution is -2.14. The second kappa shape index (κ2) is 8.97. The predicted molar refractivity (Wildman–Crippen MR) is 115 cm³/mol. The summed E-state index contributed by atoms with van der Waals surface area (Å²) in [5.74, 6) is -0.282. The number of aryl methyl sites for hydroxylation is 1. The molecule has 8 heteroatoms. The Morgan fingerprint density at radius 1 is 1.19 bits per heavy atom. The van der Waals surface area contributed by atoms with Crippen LogP contribution in [0.2, 0.25) is 5.02 Å². The molecule has 4 aromatic rings. The Bertz CT molecular complexity index is 1210. The second-order valence-corrected chi connectivity index (χ2v) is 7.10. The lowest BCUT2D eigenvalue weighted by molar-refractivity contribution is 0.102. The van der Waals surface area contributed by atoms with Gasteiger partial charge < -0.3 is 14.6 Å². The van der Waals surface area contributed by atoms with Crippen molar-refractivity contribution in [3.05, 3.63) is 94.7 Å². The van der Waals surface area contributed by atoms with Crippen molar-refractivity contribution in [1.29, 1.82) is 0 Å². The average molecular weight is 438 g/mol. The number of carbonyl (C=O) groups is 1. The summed E-state index contributed by atoms with van der Waals surface area (Å²) in [6.45, 7) is 1.92. The minimum absolute atomic E-state index is 0.0136. The summed E-state index contributed by atoms with van der Waals surface area (Å²) in [5.41, 5.74) is 1.58. The molecule has 2 heterocycles. The van der Waals surface area contributed by atoms with Gasteiger partial charge in [0.2, 0.25) is 0 Å². The Balaban J connectivity index is 1.55. The maximum Gasteiger partial charge on any atom is 0.261 e. The molecule has 1 amide bonds. The minimum atomic E-state index is -0.597. The monoisotopic (exact) mass is 437 g/mol. The Morgan fingerprint density at radius 3 is 2.81 bits per heavy atom. The average Bonchev–Trinajstić information content (AvgIpc) is 3.14. The largest absolute Gasteiger partial charge is 0.489 e. The zero-order chi connectivity index (χ0) is 21.8. The van der Waals surface area contributed by atoms with Gasteiger partial charge in [0.05, 0.1) is 10.6 Å². The highest BCUT2D eigenvalue weighted by Crippen LogP contribution is 2.34. The summed E-state index contributed by atoms with van der Waals surface area (Å²) in [4.78, 5) is 17.0. The van der Waals surface area contributed by atoms with Crippen LogP contribution in [0.1, 0.15) is 21.7 Å². The van der Waals surface area contributed by atoms with Crippen LogP contribution in [-0.2, 0) is 6.61 Å². The van der Waals surface area contributed by atoms with E-state index >= 15 is 0 Å². The number of benzene rings is 2. The van der Waals surface area contributed by atoms with Crippen molar-refractivity contribution in [3.63, 3.8) is 0 Å². The first-order valence-electron chi connectivity index (χ1n) is 9.36. The van der Waals surface area contributed by atoms with E-state index in [9.17, 15) is 9.18 Å². The predicted octanol–water partition coefficient (Wildman–Crippen LogP) is 5.67. The van der Waals surface area contributed by atoms with Crippen LogP contribution in [0.3, 0.4) is 0 Å². The summed E-state index contributed by atoms with van der Waals surface area (Å²) in [6, 6.07) is 14.9. The van der Waals surface area contributed by atoms with E-state index in [1.165, 1.54) is 18.2 Å². The first kappa shape index (κ1) is 20.6. The van der Waals surface area contributed by atoms with Gasteiger partial charge in [0.15, 0.2) is 0 Å². The van der Waals surface area contributed by atoms with Gasteiger partial charge in [-0.15, -0.1) is 0 Å². The molecule has 2 aromatic carbocycles. The number of nitrogens with zero attached hydrogens (tertiary/aromatic N) is 2. The quantitative estimate of drug-likeness (QED) is 0.420.